The molecule has 0 radical (unpaired) electrons. The molecule has 118 heavy (non-hydrogen) atoms. The molecular weight excluding hydrogens is 1450 g/mol. The Morgan fingerprint density at radius 1 is 0.263 bits per heavy atom. The molecule has 4 aliphatic rings. The van der Waals surface area contributed by atoms with E-state index in [0.29, 0.717) is 0 Å². The molecule has 0 spiro atoms. The van der Waals surface area contributed by atoms with Gasteiger partial charge in [-0.3, -0.25) is 0 Å². The van der Waals surface area contributed by atoms with Crippen LogP contribution in [-0.2, 0) is 10.8 Å². The number of hydrogen-bond donors (Lipinski definition) is 0. The highest BCUT2D eigenvalue weighted by atomic mass is 32.2. The standard InChI is InChI=1S/C110H84B2N4OS/c1-109(2,3)81-59-51-79(52-60-81)90-43-30-44-91(80-53-61-82(62-54-80)110(4,5)6)108(90)116-99-72-104-95(71-94(99)112-93-46-25-29-50-102(93)117-103-69-86(67-100(116)106(103)112)113(84-63-55-75(56-64-84)73-31-12-7-13-32-73)96-47-26-22-41-88(96)77-35-16-9-17-36-77)111-92-45-24-28-49-98(92)115(83-39-20-11-21-40-83)101-68-87(70-105(118-104)107(101)111)114(85-65-57-76(58-66-85)74-33-14-8-15-34-74)97-48-27-23-42-89(97)78-37-18-10-19-38-78/h7-72H,1-6H3. The molecule has 0 fully saturated rings. The monoisotopic (exact) mass is 1530 g/mol. The quantitative estimate of drug-likeness (QED) is 0.101. The first-order valence-electron chi connectivity index (χ1n) is 41.1. The number of nitrogens with zero attached hydrogens (tertiary/aromatic N) is 4. The van der Waals surface area contributed by atoms with Crippen molar-refractivity contribution in [1.29, 1.82) is 0 Å². The Morgan fingerprint density at radius 3 is 1.19 bits per heavy atom. The molecule has 0 saturated carbocycles. The third kappa shape index (κ3) is 12.6. The molecule has 17 aromatic rings. The van der Waals surface area contributed by atoms with Crippen LogP contribution < -0.4 is 57.1 Å². The fourth-order valence-corrected chi connectivity index (χ4v) is 19.8. The lowest BCUT2D eigenvalue weighted by molar-refractivity contribution is 0.487. The van der Waals surface area contributed by atoms with Crippen molar-refractivity contribution >= 4 is 126 Å². The fraction of sp³-hybridized carbons (Fsp3) is 0.0727. The summed E-state index contributed by atoms with van der Waals surface area (Å²) in [6.45, 7) is 13.4. The Kier molecular flexibility index (Phi) is 17.8. The lowest BCUT2D eigenvalue weighted by Crippen LogP contribution is -2.63. The summed E-state index contributed by atoms with van der Waals surface area (Å²) in [6.07, 6.45) is 0. The number of hydrogen-bond acceptors (Lipinski definition) is 6. The Morgan fingerprint density at radius 2 is 0.669 bits per heavy atom. The van der Waals surface area contributed by atoms with Gasteiger partial charge in [-0.25, -0.2) is 0 Å². The molecule has 4 aliphatic heterocycles. The number of anilines is 12. The summed E-state index contributed by atoms with van der Waals surface area (Å²) in [5.74, 6) is 1.65. The zero-order valence-corrected chi connectivity index (χ0v) is 67.7. The van der Waals surface area contributed by atoms with Crippen molar-refractivity contribution in [2.75, 3.05) is 19.6 Å². The molecule has 17 aromatic carbocycles. The van der Waals surface area contributed by atoms with Gasteiger partial charge in [-0.2, -0.15) is 0 Å². The van der Waals surface area contributed by atoms with Gasteiger partial charge in [0.1, 0.15) is 11.5 Å². The summed E-state index contributed by atoms with van der Waals surface area (Å²) in [7, 11) is 0. The number of benzene rings is 17. The van der Waals surface area contributed by atoms with Crippen LogP contribution in [-0.4, -0.2) is 13.4 Å². The van der Waals surface area contributed by atoms with Gasteiger partial charge in [-0.1, -0.05) is 368 Å². The Hall–Kier alpha value is -13.8. The predicted molar refractivity (Wildman–Crippen MR) is 502 cm³/mol. The van der Waals surface area contributed by atoms with Crippen molar-refractivity contribution in [3.05, 3.63) is 412 Å². The van der Waals surface area contributed by atoms with Crippen LogP contribution in [0.25, 0.3) is 66.8 Å². The molecule has 0 unspecified atom stereocenters. The number of ether oxygens (including phenoxy) is 1. The average Bonchev–Trinajstić information content (AvgIpc) is 0.688. The minimum absolute atomic E-state index is 0.0733. The van der Waals surface area contributed by atoms with E-state index in [0.717, 1.165) is 152 Å². The average molecular weight is 1530 g/mol. The molecule has 0 aliphatic carbocycles. The van der Waals surface area contributed by atoms with Gasteiger partial charge in [0.2, 0.25) is 6.71 Å². The zero-order valence-electron chi connectivity index (χ0n) is 66.9. The third-order valence-corrected chi connectivity index (χ3v) is 25.4. The molecule has 0 atom stereocenters. The zero-order chi connectivity index (χ0) is 79.3. The molecular formula is C110H84B2N4OS. The summed E-state index contributed by atoms with van der Waals surface area (Å²) < 4.78 is 7.71. The molecule has 0 aromatic heterocycles. The Balaban J connectivity index is 0.857. The second-order valence-electron chi connectivity index (χ2n) is 33.5. The van der Waals surface area contributed by atoms with Crippen molar-refractivity contribution < 1.29 is 4.74 Å². The maximum atomic E-state index is 7.71. The van der Waals surface area contributed by atoms with Crippen LogP contribution in [0.2, 0.25) is 0 Å². The Labute approximate surface area is 697 Å². The van der Waals surface area contributed by atoms with Gasteiger partial charge in [0.25, 0.3) is 6.71 Å². The van der Waals surface area contributed by atoms with Crippen LogP contribution in [0.15, 0.2) is 410 Å². The van der Waals surface area contributed by atoms with Gasteiger partial charge in [-0.15, -0.1) is 0 Å². The van der Waals surface area contributed by atoms with Crippen LogP contribution in [0.3, 0.4) is 0 Å². The van der Waals surface area contributed by atoms with E-state index in [4.69, 9.17) is 4.74 Å². The van der Waals surface area contributed by atoms with Crippen molar-refractivity contribution in [3.8, 4) is 78.3 Å². The molecule has 562 valence electrons. The molecule has 0 N–H and O–H groups in total. The van der Waals surface area contributed by atoms with Crippen LogP contribution in [0.5, 0.6) is 11.5 Å². The third-order valence-electron chi connectivity index (χ3n) is 24.3. The highest BCUT2D eigenvalue weighted by molar-refractivity contribution is 8.00. The smallest absolute Gasteiger partial charge is 0.256 e. The first kappa shape index (κ1) is 72.0. The molecule has 21 rings (SSSR count). The van der Waals surface area contributed by atoms with E-state index in [1.165, 1.54) is 48.3 Å². The van der Waals surface area contributed by atoms with Gasteiger partial charge in [0.05, 0.1) is 22.7 Å². The lowest BCUT2D eigenvalue weighted by Gasteiger charge is -2.44. The molecule has 0 amide bonds. The summed E-state index contributed by atoms with van der Waals surface area (Å²) in [5.41, 5.74) is 36.0. The predicted octanol–water partition coefficient (Wildman–Crippen LogP) is 26.4. The topological polar surface area (TPSA) is 22.2 Å². The number of fused-ring (bicyclic) bond motifs is 8. The van der Waals surface area contributed by atoms with E-state index >= 15 is 0 Å². The van der Waals surface area contributed by atoms with Crippen LogP contribution in [0, 0.1) is 0 Å². The summed E-state index contributed by atoms with van der Waals surface area (Å²) in [4.78, 5) is 12.6. The highest BCUT2D eigenvalue weighted by Crippen LogP contribution is 2.55. The molecule has 0 saturated heterocycles. The van der Waals surface area contributed by atoms with Gasteiger partial charge in [0.15, 0.2) is 0 Å². The fourth-order valence-electron chi connectivity index (χ4n) is 18.5. The van der Waals surface area contributed by atoms with E-state index in [9.17, 15) is 0 Å². The summed E-state index contributed by atoms with van der Waals surface area (Å²) in [6, 6.07) is 149. The first-order chi connectivity index (χ1) is 57.8. The van der Waals surface area contributed by atoms with Gasteiger partial charge < -0.3 is 24.3 Å². The van der Waals surface area contributed by atoms with Crippen LogP contribution in [0.4, 0.5) is 68.2 Å². The van der Waals surface area contributed by atoms with Crippen molar-refractivity contribution in [1.82, 2.24) is 0 Å². The van der Waals surface area contributed by atoms with E-state index in [-0.39, 0.29) is 24.3 Å². The van der Waals surface area contributed by atoms with Gasteiger partial charge in [0, 0.05) is 83.6 Å². The van der Waals surface area contributed by atoms with Crippen LogP contribution in [0.1, 0.15) is 52.7 Å². The van der Waals surface area contributed by atoms with E-state index in [2.05, 4.69) is 462 Å². The van der Waals surface area contributed by atoms with E-state index < -0.39 is 0 Å². The van der Waals surface area contributed by atoms with Gasteiger partial charge in [-0.05, 0) is 179 Å². The van der Waals surface area contributed by atoms with Gasteiger partial charge >= 0.3 is 0 Å². The van der Waals surface area contributed by atoms with Crippen LogP contribution >= 0.6 is 11.8 Å². The minimum atomic E-state index is -0.275. The van der Waals surface area contributed by atoms with E-state index in [1.807, 2.05) is 11.8 Å². The van der Waals surface area contributed by atoms with E-state index in [1.54, 1.807) is 0 Å². The second kappa shape index (κ2) is 29.2. The largest absolute Gasteiger partial charge is 0.458 e. The maximum absolute atomic E-state index is 7.71. The minimum Gasteiger partial charge on any atom is -0.458 e. The van der Waals surface area contributed by atoms with Crippen molar-refractivity contribution in [3.63, 3.8) is 0 Å². The van der Waals surface area contributed by atoms with Crippen molar-refractivity contribution in [2.24, 2.45) is 0 Å². The molecule has 0 bridgehead atoms. The maximum Gasteiger partial charge on any atom is 0.256 e. The molecule has 5 nitrogen and oxygen atoms in total. The highest BCUT2D eigenvalue weighted by Gasteiger charge is 2.48. The Bertz CT molecular complexity index is 6620. The number of rotatable bonds is 14. The summed E-state index contributed by atoms with van der Waals surface area (Å²) >= 11 is 1.90. The van der Waals surface area contributed by atoms with Crippen molar-refractivity contribution in [2.45, 2.75) is 62.2 Å². The SMILES string of the molecule is CC(C)(C)c1ccc(-c2cccc(-c3ccc(C(C)(C)C)cc3)c2N2c3cc4c(cc3B3c5ccccc5Oc5cc(N(c6ccc(-c7ccccc7)cc6)c6ccccc6-c6ccccc6)cc2c53)B2c3ccccc3N(c3ccccc3)c3cc(N(c5ccc(-c6ccccc6)cc5)c5ccccc5-c5ccccc5)cc(c32)S4)cc1. The second-order valence-corrected chi connectivity index (χ2v) is 34.6. The summed E-state index contributed by atoms with van der Waals surface area (Å²) in [5, 5.41) is 0. The molecule has 4 heterocycles. The first-order valence-corrected chi connectivity index (χ1v) is 41.9. The normalized spacial score (nSPS) is 12.8. The lowest BCUT2D eigenvalue weighted by atomic mass is 9.31. The molecule has 8 heteroatoms. The number of para-hydroxylation sites is 6.